The number of benzene rings is 4. The van der Waals surface area contributed by atoms with Crippen molar-refractivity contribution >= 4 is 11.8 Å². The summed E-state index contributed by atoms with van der Waals surface area (Å²) in [6.07, 6.45) is 17.8. The number of unbranched alkanes of at least 4 members (excludes halogenated alkanes) is 1. The summed E-state index contributed by atoms with van der Waals surface area (Å²) < 4.78 is 0. The first-order chi connectivity index (χ1) is 31.1. The average molecular weight is 1010 g/mol. The number of thioether (sulfide) groups is 1. The minimum atomic E-state index is -0.0786. The van der Waals surface area contributed by atoms with Crippen LogP contribution in [0.1, 0.15) is 161 Å². The Hall–Kier alpha value is -3.14. The largest absolute Gasteiger partial charge is 0.507 e. The Bertz CT molecular complexity index is 2400. The molecule has 0 saturated heterocycles. The van der Waals surface area contributed by atoms with E-state index in [0.29, 0.717) is 11.5 Å². The monoisotopic (exact) mass is 1000 g/mol. The summed E-state index contributed by atoms with van der Waals surface area (Å²) in [4.78, 5) is 6.85. The van der Waals surface area contributed by atoms with Crippen LogP contribution in [0.5, 0.6) is 11.5 Å². The molecule has 0 aliphatic heterocycles. The second-order valence-corrected chi connectivity index (χ2v) is 25.8. The number of pyridine rings is 1. The second kappa shape index (κ2) is 19.1. The summed E-state index contributed by atoms with van der Waals surface area (Å²) in [7, 11) is 0. The van der Waals surface area contributed by atoms with Gasteiger partial charge in [0.25, 0.3) is 0 Å². The number of phenols is 2. The van der Waals surface area contributed by atoms with Crippen LogP contribution in [0.15, 0.2) is 89.8 Å². The van der Waals surface area contributed by atoms with Crippen molar-refractivity contribution in [1.82, 2.24) is 4.98 Å². The third kappa shape index (κ3) is 9.18. The Labute approximate surface area is 434 Å². The van der Waals surface area contributed by atoms with Gasteiger partial charge in [-0.25, -0.2) is 4.98 Å². The van der Waals surface area contributed by atoms with Crippen molar-refractivity contribution in [2.75, 3.05) is 5.75 Å². The zero-order valence-corrected chi connectivity index (χ0v) is 46.2. The summed E-state index contributed by atoms with van der Waals surface area (Å²) in [5.74, 6) is 6.72. The van der Waals surface area contributed by atoms with Crippen molar-refractivity contribution in [2.45, 2.75) is 165 Å². The van der Waals surface area contributed by atoms with E-state index in [4.69, 9.17) is 4.98 Å². The van der Waals surface area contributed by atoms with Gasteiger partial charge in [0.1, 0.15) is 11.5 Å². The zero-order chi connectivity index (χ0) is 45.0. The van der Waals surface area contributed by atoms with Crippen molar-refractivity contribution in [2.24, 2.45) is 35.5 Å². The topological polar surface area (TPSA) is 53.4 Å². The average Bonchev–Trinajstić information content (AvgIpc) is 3.25. The first-order valence-electron chi connectivity index (χ1n) is 25.7. The van der Waals surface area contributed by atoms with Crippen LogP contribution in [0.25, 0.3) is 44.8 Å². The zero-order valence-electron chi connectivity index (χ0n) is 42.9. The van der Waals surface area contributed by atoms with Gasteiger partial charge < -0.3 is 25.1 Å². The molecule has 8 aliphatic carbocycles. The third-order valence-electron chi connectivity index (χ3n) is 17.7. The molecule has 2 N–H and O–H groups in total. The van der Waals surface area contributed by atoms with E-state index in [0.717, 1.165) is 98.9 Å². The minimum Gasteiger partial charge on any atom is -0.507 e. The number of rotatable bonds is 10. The van der Waals surface area contributed by atoms with E-state index in [2.05, 4.69) is 133 Å². The summed E-state index contributed by atoms with van der Waals surface area (Å²) in [5, 5.41) is 25.6. The quantitative estimate of drug-likeness (QED) is 0.0832. The number of aromatic hydroxyl groups is 2. The molecular weight excluding hydrogens is 926 g/mol. The van der Waals surface area contributed by atoms with Crippen LogP contribution in [0, 0.1) is 50.4 Å². The first-order valence-corrected chi connectivity index (χ1v) is 26.7. The van der Waals surface area contributed by atoms with Gasteiger partial charge in [0.2, 0.25) is 0 Å². The van der Waals surface area contributed by atoms with E-state index in [9.17, 15) is 10.2 Å². The molecule has 360 valence electrons. The van der Waals surface area contributed by atoms with Gasteiger partial charge in [-0.3, -0.25) is 0 Å². The van der Waals surface area contributed by atoms with Crippen LogP contribution in [0.2, 0.25) is 0 Å². The van der Waals surface area contributed by atoms with Crippen LogP contribution in [0.4, 0.5) is 0 Å². The Balaban J connectivity index is 0.00000208. The molecule has 8 saturated carbocycles. The molecule has 8 aliphatic rings. The van der Waals surface area contributed by atoms with Crippen LogP contribution in [0.3, 0.4) is 0 Å². The van der Waals surface area contributed by atoms with Gasteiger partial charge in [-0.2, -0.15) is 0 Å². The molecule has 0 unspecified atom stereocenters. The Morgan fingerprint density at radius 2 is 0.853 bits per heavy atom. The predicted molar refractivity (Wildman–Crippen MR) is 285 cm³/mol. The third-order valence-corrected chi connectivity index (χ3v) is 18.8. The molecule has 4 aromatic carbocycles. The fourth-order valence-electron chi connectivity index (χ4n) is 15.3. The summed E-state index contributed by atoms with van der Waals surface area (Å²) >= 11 is 1.91. The fourth-order valence-corrected chi connectivity index (χ4v) is 16.4. The molecule has 1 aromatic heterocycles. The molecule has 0 amide bonds. The van der Waals surface area contributed by atoms with Crippen LogP contribution < -0.4 is 0 Å². The predicted octanol–water partition coefficient (Wildman–Crippen LogP) is 17.5. The molecule has 68 heavy (non-hydrogen) atoms. The van der Waals surface area contributed by atoms with Gasteiger partial charge in [-0.1, -0.05) is 116 Å². The van der Waals surface area contributed by atoms with Crippen LogP contribution in [-0.2, 0) is 47.9 Å². The van der Waals surface area contributed by atoms with E-state index in [1.54, 1.807) is 0 Å². The standard InChI is InChI=1S/C61H73NO2S.2CH3.Zr/c1-8-9-18-65-45-29-54(48-16-12-10-14-46(48)50-25-43(58(2,3)4)27-52(56(50)63)60-31-37-19-38(32-60)21-39(20-37)33-60)62-55(30-45)49-17-13-11-15-47(49)51-26-44(59(5,6)7)28-53(57(51)64)61-34-40-22-41(35-61)24-42(23-40)36-61;;;/h10-17,25-30,37-42,63-64H,8-9,18-24,31-36H2,1-7H3;2*1H3;/q;2*-1;. The van der Waals surface area contributed by atoms with Crippen molar-refractivity contribution in [3.63, 3.8) is 0 Å². The molecule has 3 nitrogen and oxygen atoms in total. The summed E-state index contributed by atoms with van der Waals surface area (Å²) in [6.45, 7) is 16.2. The van der Waals surface area contributed by atoms with Gasteiger partial charge in [0.05, 0.1) is 11.4 Å². The molecule has 5 aromatic rings. The Morgan fingerprint density at radius 1 is 0.515 bits per heavy atom. The molecule has 0 spiro atoms. The molecule has 8 bridgehead atoms. The van der Waals surface area contributed by atoms with Crippen LogP contribution >= 0.6 is 11.8 Å². The van der Waals surface area contributed by atoms with Gasteiger partial charge in [-0.15, -0.1) is 11.8 Å². The maximum absolute atomic E-state index is 12.8. The summed E-state index contributed by atoms with van der Waals surface area (Å²) in [6, 6.07) is 31.4. The fraction of sp³-hybridized carbons (Fsp3) is 0.508. The SMILES string of the molecule is CCCCSc1cc(-c2ccccc2-c2cc(C(C)(C)C)cc(C34CC5CC(CC(C5)C3)C4)c2O)nc(-c2ccccc2-c2cc(C(C)(C)C)cc(C34CC5CC(CC(C5)C3)C4)c2O)c1.[CH3-].[CH3-].[Zr]. The van der Waals surface area contributed by atoms with E-state index >= 15 is 0 Å². The number of hydrogen-bond donors (Lipinski definition) is 2. The van der Waals surface area contributed by atoms with E-state index in [1.807, 2.05) is 11.8 Å². The van der Waals surface area contributed by atoms with Crippen molar-refractivity contribution in [1.29, 1.82) is 0 Å². The van der Waals surface area contributed by atoms with Gasteiger partial charge in [0, 0.05) is 64.5 Å². The molecule has 0 atom stereocenters. The number of nitrogens with zero attached hydrogens (tertiary/aromatic N) is 1. The molecule has 5 heteroatoms. The van der Waals surface area contributed by atoms with Gasteiger partial charge in [0.15, 0.2) is 0 Å². The molecule has 0 radical (unpaired) electrons. The van der Waals surface area contributed by atoms with E-state index in [-0.39, 0.29) is 62.7 Å². The molecule has 8 fully saturated rings. The Morgan fingerprint density at radius 3 is 1.18 bits per heavy atom. The maximum atomic E-state index is 12.8. The smallest absolute Gasteiger partial charge is 0.127 e. The number of phenolic OH excluding ortho intramolecular Hbond substituents is 2. The normalized spacial score (nSPS) is 27.6. The van der Waals surface area contributed by atoms with Gasteiger partial charge >= 0.3 is 0 Å². The number of hydrogen-bond acceptors (Lipinski definition) is 4. The van der Waals surface area contributed by atoms with Crippen LogP contribution in [-0.4, -0.2) is 20.9 Å². The first kappa shape index (κ1) is 51.2. The second-order valence-electron chi connectivity index (χ2n) is 24.6. The van der Waals surface area contributed by atoms with E-state index in [1.165, 1.54) is 104 Å². The van der Waals surface area contributed by atoms with Crippen molar-refractivity contribution in [3.8, 4) is 56.3 Å². The van der Waals surface area contributed by atoms with E-state index < -0.39 is 0 Å². The van der Waals surface area contributed by atoms with Gasteiger partial charge in [-0.05, 0) is 193 Å². The molecule has 1 heterocycles. The summed E-state index contributed by atoms with van der Waals surface area (Å²) in [5.41, 5.74) is 12.8. The van der Waals surface area contributed by atoms with Crippen molar-refractivity contribution < 1.29 is 36.4 Å². The minimum absolute atomic E-state index is 0. The number of aromatic nitrogens is 1. The molecular formula is C63H79NO2SZr-2. The maximum Gasteiger partial charge on any atom is 0.127 e. The van der Waals surface area contributed by atoms with Crippen molar-refractivity contribution in [3.05, 3.63) is 122 Å². The Kier molecular flexibility index (Phi) is 14.4. The molecule has 13 rings (SSSR count).